The molecular weight excluding hydrogens is 452 g/mol. The average molecular weight is 477 g/mol. The van der Waals surface area contributed by atoms with E-state index >= 15 is 0 Å². The molecule has 8 heteroatoms. The minimum absolute atomic E-state index is 0.0683. The van der Waals surface area contributed by atoms with Gasteiger partial charge in [0.1, 0.15) is 18.7 Å². The third kappa shape index (κ3) is 7.18. The number of carbonyl (C=O) groups excluding carboxylic acids is 2. The maximum absolute atomic E-state index is 12.7. The van der Waals surface area contributed by atoms with E-state index in [1.54, 1.807) is 32.0 Å². The summed E-state index contributed by atoms with van der Waals surface area (Å²) < 4.78 is 5.93. The highest BCUT2D eigenvalue weighted by atomic mass is 79.9. The van der Waals surface area contributed by atoms with E-state index < -0.39 is 30.1 Å². The van der Waals surface area contributed by atoms with Crippen LogP contribution in [0.1, 0.15) is 25.0 Å². The lowest BCUT2D eigenvalue weighted by molar-refractivity contribution is -0.142. The van der Waals surface area contributed by atoms with Gasteiger partial charge >= 0.3 is 12.1 Å². The summed E-state index contributed by atoms with van der Waals surface area (Å²) >= 11 is 3.38. The van der Waals surface area contributed by atoms with Gasteiger partial charge in [-0.3, -0.25) is 4.79 Å². The van der Waals surface area contributed by atoms with E-state index in [0.717, 1.165) is 15.6 Å². The van der Waals surface area contributed by atoms with Gasteiger partial charge < -0.3 is 20.5 Å². The van der Waals surface area contributed by atoms with Crippen LogP contribution in [0.5, 0.6) is 0 Å². The van der Waals surface area contributed by atoms with E-state index in [1.807, 2.05) is 36.4 Å². The zero-order valence-corrected chi connectivity index (χ0v) is 18.4. The number of carboxylic acid groups (broad SMARTS) is 1. The van der Waals surface area contributed by atoms with Crippen LogP contribution in [0, 0.1) is 5.92 Å². The molecule has 2 rings (SSSR count). The molecule has 2 aromatic carbocycles. The highest BCUT2D eigenvalue weighted by Gasteiger charge is 2.29. The number of hydrogen-bond acceptors (Lipinski definition) is 4. The van der Waals surface area contributed by atoms with Crippen molar-refractivity contribution in [3.8, 4) is 0 Å². The van der Waals surface area contributed by atoms with E-state index in [2.05, 4.69) is 26.6 Å². The Morgan fingerprint density at radius 2 is 1.63 bits per heavy atom. The minimum atomic E-state index is -1.16. The van der Waals surface area contributed by atoms with Gasteiger partial charge in [0.05, 0.1) is 0 Å². The molecule has 0 heterocycles. The van der Waals surface area contributed by atoms with Crippen LogP contribution in [0.2, 0.25) is 0 Å². The van der Waals surface area contributed by atoms with E-state index in [1.165, 1.54) is 0 Å². The number of ether oxygens (including phenoxy) is 1. The zero-order chi connectivity index (χ0) is 22.1. The summed E-state index contributed by atoms with van der Waals surface area (Å²) in [5.41, 5.74) is 1.57. The van der Waals surface area contributed by atoms with Crippen LogP contribution in [0.4, 0.5) is 4.79 Å². The van der Waals surface area contributed by atoms with Gasteiger partial charge in [0.2, 0.25) is 5.91 Å². The van der Waals surface area contributed by atoms with Gasteiger partial charge in [0.25, 0.3) is 0 Å². The molecule has 0 aliphatic heterocycles. The van der Waals surface area contributed by atoms with Crippen LogP contribution in [0.15, 0.2) is 59.1 Å². The lowest BCUT2D eigenvalue weighted by Gasteiger charge is -2.24. The summed E-state index contributed by atoms with van der Waals surface area (Å²) in [5, 5.41) is 14.6. The topological polar surface area (TPSA) is 105 Å². The van der Waals surface area contributed by atoms with Gasteiger partial charge in [-0.05, 0) is 23.1 Å². The van der Waals surface area contributed by atoms with Crippen LogP contribution in [-0.2, 0) is 27.4 Å². The second-order valence-corrected chi connectivity index (χ2v) is 7.98. The van der Waals surface area contributed by atoms with E-state index in [4.69, 9.17) is 4.74 Å². The number of carbonyl (C=O) groups is 3. The van der Waals surface area contributed by atoms with E-state index in [9.17, 15) is 19.5 Å². The molecule has 0 spiro atoms. The molecule has 2 amide bonds. The molecule has 0 saturated carbocycles. The summed E-state index contributed by atoms with van der Waals surface area (Å²) in [6, 6.07) is 14.3. The molecule has 0 radical (unpaired) electrons. The normalized spacial score (nSPS) is 12.7. The van der Waals surface area contributed by atoms with Crippen LogP contribution in [0.3, 0.4) is 0 Å². The maximum Gasteiger partial charge on any atom is 0.408 e. The molecule has 0 aliphatic carbocycles. The molecule has 0 aliphatic rings. The molecular formula is C22H25BrN2O5. The summed E-state index contributed by atoms with van der Waals surface area (Å²) in [4.78, 5) is 36.6. The Balaban J connectivity index is 1.99. The number of hydrogen-bond donors (Lipinski definition) is 3. The maximum atomic E-state index is 12.7. The van der Waals surface area contributed by atoms with Crippen molar-refractivity contribution in [3.05, 3.63) is 70.2 Å². The summed E-state index contributed by atoms with van der Waals surface area (Å²) in [7, 11) is 0. The summed E-state index contributed by atoms with van der Waals surface area (Å²) in [6.45, 7) is 3.58. The predicted octanol–water partition coefficient (Wildman–Crippen LogP) is 3.51. The number of benzene rings is 2. The Kier molecular flexibility index (Phi) is 8.86. The van der Waals surface area contributed by atoms with Crippen LogP contribution in [-0.4, -0.2) is 35.2 Å². The average Bonchev–Trinajstić information content (AvgIpc) is 2.71. The smallest absolute Gasteiger partial charge is 0.408 e. The molecule has 7 nitrogen and oxygen atoms in total. The monoisotopic (exact) mass is 476 g/mol. The van der Waals surface area contributed by atoms with Gasteiger partial charge in [-0.15, -0.1) is 0 Å². The molecule has 0 unspecified atom stereocenters. The number of aliphatic carboxylic acids is 1. The van der Waals surface area contributed by atoms with Crippen molar-refractivity contribution in [2.24, 2.45) is 5.92 Å². The lowest BCUT2D eigenvalue weighted by Crippen LogP contribution is -2.54. The number of nitrogens with one attached hydrogen (secondary N) is 2. The van der Waals surface area contributed by atoms with Crippen LogP contribution < -0.4 is 10.6 Å². The van der Waals surface area contributed by atoms with Crippen molar-refractivity contribution in [1.82, 2.24) is 10.6 Å². The third-order valence-corrected chi connectivity index (χ3v) is 5.21. The molecule has 0 fully saturated rings. The third-order valence-electron chi connectivity index (χ3n) is 4.43. The number of halogens is 1. The Labute approximate surface area is 183 Å². The fourth-order valence-corrected chi connectivity index (χ4v) is 3.22. The van der Waals surface area contributed by atoms with Crippen molar-refractivity contribution in [2.45, 2.75) is 39.0 Å². The number of rotatable bonds is 9. The summed E-state index contributed by atoms with van der Waals surface area (Å²) in [6.07, 6.45) is -0.642. The molecule has 0 saturated heterocycles. The Morgan fingerprint density at radius 3 is 2.23 bits per heavy atom. The molecule has 2 aromatic rings. The van der Waals surface area contributed by atoms with Crippen LogP contribution in [0.25, 0.3) is 0 Å². The van der Waals surface area contributed by atoms with E-state index in [-0.39, 0.29) is 18.9 Å². The molecule has 0 bridgehead atoms. The minimum Gasteiger partial charge on any atom is -0.480 e. The zero-order valence-electron chi connectivity index (χ0n) is 16.8. The Bertz CT molecular complexity index is 873. The van der Waals surface area contributed by atoms with Gasteiger partial charge in [-0.2, -0.15) is 0 Å². The van der Waals surface area contributed by atoms with Crippen molar-refractivity contribution in [2.75, 3.05) is 0 Å². The predicted molar refractivity (Wildman–Crippen MR) is 116 cm³/mol. The number of carboxylic acids is 1. The summed E-state index contributed by atoms with van der Waals surface area (Å²) in [5.74, 6) is -2.01. The van der Waals surface area contributed by atoms with Gasteiger partial charge in [-0.1, -0.05) is 78.3 Å². The number of amides is 2. The van der Waals surface area contributed by atoms with Crippen LogP contribution >= 0.6 is 15.9 Å². The van der Waals surface area contributed by atoms with Gasteiger partial charge in [0.15, 0.2) is 0 Å². The fourth-order valence-electron chi connectivity index (χ4n) is 2.77. The SMILES string of the molecule is CC(C)[C@H](NC(=O)OCc1ccccc1)C(=O)N[C@@H](Cc1ccccc1Br)C(=O)O. The highest BCUT2D eigenvalue weighted by molar-refractivity contribution is 9.10. The molecule has 160 valence electrons. The quantitative estimate of drug-likeness (QED) is 0.513. The Morgan fingerprint density at radius 1 is 1.00 bits per heavy atom. The second kappa shape index (κ2) is 11.3. The first-order valence-corrected chi connectivity index (χ1v) is 10.3. The molecule has 2 atom stereocenters. The van der Waals surface area contributed by atoms with Crippen molar-refractivity contribution in [3.63, 3.8) is 0 Å². The first-order chi connectivity index (χ1) is 14.3. The lowest BCUT2D eigenvalue weighted by atomic mass is 10.0. The molecule has 3 N–H and O–H groups in total. The Hall–Kier alpha value is -2.87. The molecule has 0 aromatic heterocycles. The standard InChI is InChI=1S/C22H25BrN2O5/c1-14(2)19(25-22(29)30-13-15-8-4-3-5-9-15)20(26)24-18(21(27)28)12-16-10-6-7-11-17(16)23/h3-11,14,18-19H,12-13H2,1-2H3,(H,24,26)(H,25,29)(H,27,28)/t18-,19-/m0/s1. The van der Waals surface area contributed by atoms with Crippen molar-refractivity contribution >= 4 is 33.9 Å². The largest absolute Gasteiger partial charge is 0.480 e. The van der Waals surface area contributed by atoms with E-state index in [0.29, 0.717) is 0 Å². The van der Waals surface area contributed by atoms with Crippen molar-refractivity contribution in [1.29, 1.82) is 0 Å². The molecule has 30 heavy (non-hydrogen) atoms. The number of alkyl carbamates (subject to hydrolysis) is 1. The van der Waals surface area contributed by atoms with Gasteiger partial charge in [-0.25, -0.2) is 9.59 Å². The first-order valence-electron chi connectivity index (χ1n) is 9.51. The second-order valence-electron chi connectivity index (χ2n) is 7.12. The first kappa shape index (κ1) is 23.4. The van der Waals surface area contributed by atoms with Gasteiger partial charge in [0, 0.05) is 10.9 Å². The fraction of sp³-hybridized carbons (Fsp3) is 0.318. The highest BCUT2D eigenvalue weighted by Crippen LogP contribution is 2.18. The van der Waals surface area contributed by atoms with Crippen molar-refractivity contribution < 1.29 is 24.2 Å².